The molecule has 1 saturated heterocycles. The van der Waals surface area contributed by atoms with Crippen molar-refractivity contribution in [3.8, 4) is 11.3 Å². The molecule has 6 nitrogen and oxygen atoms in total. The lowest BCUT2D eigenvalue weighted by molar-refractivity contribution is 0.127. The first kappa shape index (κ1) is 17.9. The van der Waals surface area contributed by atoms with Gasteiger partial charge in [0.25, 0.3) is 0 Å². The minimum Gasteiger partial charge on any atom is -0.296 e. The smallest absolute Gasteiger partial charge is 0.113 e. The minimum atomic E-state index is 0.605. The maximum Gasteiger partial charge on any atom is 0.113 e. The Morgan fingerprint density at radius 1 is 1.07 bits per heavy atom. The molecule has 6 heteroatoms. The van der Waals surface area contributed by atoms with Crippen molar-refractivity contribution < 1.29 is 0 Å². The first-order valence-electron chi connectivity index (χ1n) is 10.0. The summed E-state index contributed by atoms with van der Waals surface area (Å²) in [4.78, 5) is 2.62. The van der Waals surface area contributed by atoms with Crippen LogP contribution in [0.15, 0.2) is 48.9 Å². The van der Waals surface area contributed by atoms with Crippen LogP contribution in [0, 0.1) is 0 Å². The summed E-state index contributed by atoms with van der Waals surface area (Å²) in [7, 11) is 0. The Hall–Kier alpha value is -2.47. The third-order valence-electron chi connectivity index (χ3n) is 5.45. The predicted octanol–water partition coefficient (Wildman–Crippen LogP) is 3.61. The zero-order valence-electron chi connectivity index (χ0n) is 16.0. The molecule has 1 aliphatic heterocycles. The quantitative estimate of drug-likeness (QED) is 0.643. The molecule has 3 aromatic rings. The number of aromatic nitrogens is 5. The molecule has 0 aliphatic carbocycles. The van der Waals surface area contributed by atoms with Crippen LogP contribution in [0.3, 0.4) is 0 Å². The van der Waals surface area contributed by atoms with Crippen molar-refractivity contribution in [2.45, 2.75) is 58.3 Å². The number of aryl methyl sites for hydroxylation is 2. The van der Waals surface area contributed by atoms with E-state index >= 15 is 0 Å². The van der Waals surface area contributed by atoms with Gasteiger partial charge in [-0.1, -0.05) is 42.0 Å². The lowest BCUT2D eigenvalue weighted by atomic mass is 9.99. The van der Waals surface area contributed by atoms with Gasteiger partial charge in [-0.25, -0.2) is 0 Å². The van der Waals surface area contributed by atoms with E-state index in [0.29, 0.717) is 6.04 Å². The number of benzene rings is 1. The summed E-state index contributed by atoms with van der Waals surface area (Å²) in [5.41, 5.74) is 3.38. The van der Waals surface area contributed by atoms with E-state index in [1.165, 1.54) is 31.4 Å². The lowest BCUT2D eigenvalue weighted by Crippen LogP contribution is -2.39. The molecule has 0 spiro atoms. The van der Waals surface area contributed by atoms with E-state index < -0.39 is 0 Å². The Kier molecular flexibility index (Phi) is 5.63. The molecular weight excluding hydrogens is 336 g/mol. The van der Waals surface area contributed by atoms with Crippen molar-refractivity contribution in [3.05, 3.63) is 54.5 Å². The molecule has 142 valence electrons. The highest BCUT2D eigenvalue weighted by atomic mass is 15.4. The van der Waals surface area contributed by atoms with Crippen molar-refractivity contribution in [3.63, 3.8) is 0 Å². The van der Waals surface area contributed by atoms with Crippen LogP contribution in [-0.2, 0) is 19.6 Å². The zero-order chi connectivity index (χ0) is 18.5. The Bertz CT molecular complexity index is 837. The summed E-state index contributed by atoms with van der Waals surface area (Å²) in [6.07, 6.45) is 11.2. The number of rotatable bonds is 7. The molecule has 0 amide bonds. The van der Waals surface area contributed by atoms with Crippen molar-refractivity contribution >= 4 is 0 Å². The minimum absolute atomic E-state index is 0.605. The normalized spacial score (nSPS) is 18.0. The summed E-state index contributed by atoms with van der Waals surface area (Å²) < 4.78 is 4.00. The summed E-state index contributed by atoms with van der Waals surface area (Å²) in [6.45, 7) is 6.14. The highest BCUT2D eigenvalue weighted by Gasteiger charge is 2.23. The van der Waals surface area contributed by atoms with Crippen molar-refractivity contribution in [1.82, 2.24) is 29.7 Å². The van der Waals surface area contributed by atoms with Gasteiger partial charge in [-0.15, -0.1) is 5.10 Å². The van der Waals surface area contributed by atoms with Crippen molar-refractivity contribution in [2.24, 2.45) is 0 Å². The van der Waals surface area contributed by atoms with E-state index in [0.717, 1.165) is 37.3 Å². The maximum absolute atomic E-state index is 4.42. The molecule has 1 fully saturated rings. The summed E-state index contributed by atoms with van der Waals surface area (Å²) in [5.74, 6) is 0. The highest BCUT2D eigenvalue weighted by molar-refractivity contribution is 5.57. The number of nitrogens with zero attached hydrogens (tertiary/aromatic N) is 6. The van der Waals surface area contributed by atoms with Gasteiger partial charge < -0.3 is 0 Å². The van der Waals surface area contributed by atoms with E-state index in [4.69, 9.17) is 0 Å². The maximum atomic E-state index is 4.42. The van der Waals surface area contributed by atoms with E-state index in [2.05, 4.69) is 51.8 Å². The summed E-state index contributed by atoms with van der Waals surface area (Å²) in [6, 6.07) is 10.9. The second-order valence-electron chi connectivity index (χ2n) is 7.35. The van der Waals surface area contributed by atoms with Gasteiger partial charge in [0.05, 0.1) is 12.4 Å². The highest BCUT2D eigenvalue weighted by Crippen LogP contribution is 2.23. The monoisotopic (exact) mass is 364 g/mol. The first-order valence-corrected chi connectivity index (χ1v) is 10.0. The third-order valence-corrected chi connectivity index (χ3v) is 5.45. The van der Waals surface area contributed by atoms with Gasteiger partial charge in [0.2, 0.25) is 0 Å². The van der Waals surface area contributed by atoms with E-state index in [1.54, 1.807) is 0 Å². The zero-order valence-corrected chi connectivity index (χ0v) is 16.0. The van der Waals surface area contributed by atoms with Crippen LogP contribution in [0.4, 0.5) is 0 Å². The Balaban J connectivity index is 1.36. The van der Waals surface area contributed by atoms with Crippen LogP contribution in [0.5, 0.6) is 0 Å². The topological polar surface area (TPSA) is 51.8 Å². The van der Waals surface area contributed by atoms with Crippen LogP contribution in [0.2, 0.25) is 0 Å². The molecular formula is C21H28N6. The van der Waals surface area contributed by atoms with Gasteiger partial charge >= 0.3 is 0 Å². The fourth-order valence-corrected chi connectivity index (χ4v) is 3.92. The van der Waals surface area contributed by atoms with Crippen molar-refractivity contribution in [2.75, 3.05) is 6.54 Å². The van der Waals surface area contributed by atoms with Gasteiger partial charge in [0, 0.05) is 43.0 Å². The average molecular weight is 364 g/mol. The van der Waals surface area contributed by atoms with Gasteiger partial charge in [-0.05, 0) is 32.7 Å². The predicted molar refractivity (Wildman–Crippen MR) is 106 cm³/mol. The molecule has 1 unspecified atom stereocenters. The summed E-state index contributed by atoms with van der Waals surface area (Å²) >= 11 is 0. The molecule has 1 aliphatic rings. The molecule has 4 rings (SSSR count). The summed E-state index contributed by atoms with van der Waals surface area (Å²) in [5, 5.41) is 13.1. The van der Waals surface area contributed by atoms with Crippen molar-refractivity contribution in [1.29, 1.82) is 0 Å². The molecule has 0 bridgehead atoms. The van der Waals surface area contributed by atoms with Gasteiger partial charge in [0.15, 0.2) is 0 Å². The number of hydrogen-bond acceptors (Lipinski definition) is 4. The molecule has 1 aromatic carbocycles. The van der Waals surface area contributed by atoms with Gasteiger partial charge in [-0.2, -0.15) is 5.10 Å². The van der Waals surface area contributed by atoms with E-state index in [1.807, 2.05) is 33.8 Å². The fraction of sp³-hybridized carbons (Fsp3) is 0.476. The lowest BCUT2D eigenvalue weighted by Gasteiger charge is -2.35. The Labute approximate surface area is 160 Å². The van der Waals surface area contributed by atoms with Crippen LogP contribution < -0.4 is 0 Å². The largest absolute Gasteiger partial charge is 0.296 e. The number of piperidine rings is 1. The van der Waals surface area contributed by atoms with E-state index in [9.17, 15) is 0 Å². The average Bonchev–Trinajstić information content (AvgIpc) is 3.37. The second kappa shape index (κ2) is 8.48. The van der Waals surface area contributed by atoms with Gasteiger partial charge in [0.1, 0.15) is 5.69 Å². The molecule has 0 saturated carbocycles. The van der Waals surface area contributed by atoms with Gasteiger partial charge in [-0.3, -0.25) is 14.3 Å². The standard InChI is InChI=1S/C21H28N6/c1-2-26-16-18(14-22-26)15-25-12-7-6-10-20(25)11-13-27-17-21(23-24-27)19-8-4-3-5-9-19/h3-5,8-9,14,16-17,20H,2,6-7,10-13,15H2,1H3. The molecule has 0 N–H and O–H groups in total. The molecule has 2 aromatic heterocycles. The molecule has 0 radical (unpaired) electrons. The van der Waals surface area contributed by atoms with E-state index in [-0.39, 0.29) is 0 Å². The fourth-order valence-electron chi connectivity index (χ4n) is 3.92. The SMILES string of the molecule is CCn1cc(CN2CCCCC2CCn2cc(-c3ccccc3)nn2)cn1. The van der Waals surface area contributed by atoms with Crippen LogP contribution in [-0.4, -0.2) is 42.3 Å². The Morgan fingerprint density at radius 3 is 2.78 bits per heavy atom. The molecule has 3 heterocycles. The second-order valence-corrected chi connectivity index (χ2v) is 7.35. The third kappa shape index (κ3) is 4.45. The van der Waals surface area contributed by atoms with Crippen LogP contribution in [0.1, 0.15) is 38.2 Å². The Morgan fingerprint density at radius 2 is 1.96 bits per heavy atom. The van der Waals surface area contributed by atoms with Crippen LogP contribution in [0.25, 0.3) is 11.3 Å². The molecule has 27 heavy (non-hydrogen) atoms. The van der Waals surface area contributed by atoms with Crippen LogP contribution >= 0.6 is 0 Å². The first-order chi connectivity index (χ1) is 13.3. The number of hydrogen-bond donors (Lipinski definition) is 0. The number of likely N-dealkylation sites (tertiary alicyclic amines) is 1. The molecule has 1 atom stereocenters.